The number of ether oxygens (including phenoxy) is 1. The molecule has 2 aromatic rings. The van der Waals surface area contributed by atoms with Crippen molar-refractivity contribution in [1.29, 1.82) is 0 Å². The van der Waals surface area contributed by atoms with Gasteiger partial charge in [-0.25, -0.2) is 0 Å². The molecule has 0 atom stereocenters. The number of unbranched alkanes of at least 4 members (excludes halogenated alkanes) is 3. The van der Waals surface area contributed by atoms with Gasteiger partial charge in [0.05, 0.1) is 12.8 Å². The van der Waals surface area contributed by atoms with Crippen molar-refractivity contribution < 1.29 is 4.74 Å². The summed E-state index contributed by atoms with van der Waals surface area (Å²) in [6, 6.07) is 16.5. The number of hydrogen-bond acceptors (Lipinski definition) is 2. The van der Waals surface area contributed by atoms with Crippen LogP contribution in [0.2, 0.25) is 0 Å². The number of aliphatic imine (C=N–C) groups is 1. The highest BCUT2D eigenvalue weighted by molar-refractivity contribution is 5.82. The van der Waals surface area contributed by atoms with E-state index in [2.05, 4.69) is 36.2 Å². The Labute approximate surface area is 133 Å². The van der Waals surface area contributed by atoms with Gasteiger partial charge < -0.3 is 4.74 Å². The average Bonchev–Trinajstić information content (AvgIpc) is 2.58. The van der Waals surface area contributed by atoms with E-state index in [4.69, 9.17) is 4.74 Å². The van der Waals surface area contributed by atoms with E-state index in [-0.39, 0.29) is 0 Å². The molecule has 0 radical (unpaired) electrons. The molecule has 0 spiro atoms. The maximum Gasteiger partial charge on any atom is 0.118 e. The van der Waals surface area contributed by atoms with Crippen LogP contribution in [0.25, 0.3) is 0 Å². The summed E-state index contributed by atoms with van der Waals surface area (Å²) in [5.74, 6) is 0.865. The van der Waals surface area contributed by atoms with E-state index in [1.54, 1.807) is 7.11 Å². The summed E-state index contributed by atoms with van der Waals surface area (Å²) in [6.45, 7) is 2.25. The fraction of sp³-hybridized carbons (Fsp3) is 0.350. The van der Waals surface area contributed by atoms with Crippen LogP contribution in [0.4, 0.5) is 5.69 Å². The number of nitrogens with zero attached hydrogens (tertiary/aromatic N) is 1. The van der Waals surface area contributed by atoms with Gasteiger partial charge in [0, 0.05) is 6.21 Å². The first-order valence-corrected chi connectivity index (χ1v) is 8.09. The van der Waals surface area contributed by atoms with Crippen LogP contribution in [0, 0.1) is 0 Å². The van der Waals surface area contributed by atoms with Crippen molar-refractivity contribution in [3.8, 4) is 5.75 Å². The molecule has 2 rings (SSSR count). The van der Waals surface area contributed by atoms with E-state index in [1.165, 1.54) is 37.7 Å². The quantitative estimate of drug-likeness (QED) is 0.461. The van der Waals surface area contributed by atoms with Gasteiger partial charge in [0.25, 0.3) is 0 Å². The number of hydrogen-bond donors (Lipinski definition) is 0. The van der Waals surface area contributed by atoms with Crippen molar-refractivity contribution in [2.75, 3.05) is 7.11 Å². The molecule has 0 heterocycles. The van der Waals surface area contributed by atoms with E-state index in [9.17, 15) is 0 Å². The molecule has 0 bridgehead atoms. The van der Waals surface area contributed by atoms with Crippen molar-refractivity contribution >= 4 is 11.9 Å². The third-order valence-corrected chi connectivity index (χ3v) is 3.73. The minimum absolute atomic E-state index is 0.865. The molecule has 0 amide bonds. The molecular formula is C20H25NO. The highest BCUT2D eigenvalue weighted by Gasteiger charge is 1.95. The number of methoxy groups -OCH3 is 1. The molecular weight excluding hydrogens is 270 g/mol. The summed E-state index contributed by atoms with van der Waals surface area (Å²) in [6.07, 6.45) is 8.29. The summed E-state index contributed by atoms with van der Waals surface area (Å²) in [7, 11) is 1.67. The van der Waals surface area contributed by atoms with E-state index in [1.807, 2.05) is 30.5 Å². The van der Waals surface area contributed by atoms with Crippen LogP contribution in [-0.2, 0) is 6.42 Å². The fourth-order valence-corrected chi connectivity index (χ4v) is 2.34. The molecule has 22 heavy (non-hydrogen) atoms. The largest absolute Gasteiger partial charge is 0.497 e. The van der Waals surface area contributed by atoms with E-state index >= 15 is 0 Å². The first kappa shape index (κ1) is 16.3. The second kappa shape index (κ2) is 9.04. The summed E-state index contributed by atoms with van der Waals surface area (Å²) in [5.41, 5.74) is 3.47. The Bertz CT molecular complexity index is 570. The molecule has 0 unspecified atom stereocenters. The summed E-state index contributed by atoms with van der Waals surface area (Å²) in [4.78, 5) is 4.52. The van der Waals surface area contributed by atoms with Crippen LogP contribution >= 0.6 is 0 Å². The van der Waals surface area contributed by atoms with Gasteiger partial charge >= 0.3 is 0 Å². The molecule has 2 nitrogen and oxygen atoms in total. The standard InChI is InChI=1S/C20H25NO/c1-3-4-5-6-7-17-8-12-19(13-9-17)21-16-18-10-14-20(22-2)15-11-18/h8-16H,3-7H2,1-2H3/b21-16+. The predicted octanol–water partition coefficient (Wildman–Crippen LogP) is 5.57. The number of aryl methyl sites for hydroxylation is 1. The van der Waals surface area contributed by atoms with E-state index in [0.717, 1.165) is 17.0 Å². The van der Waals surface area contributed by atoms with Gasteiger partial charge in [-0.2, -0.15) is 0 Å². The minimum Gasteiger partial charge on any atom is -0.497 e. The van der Waals surface area contributed by atoms with E-state index in [0.29, 0.717) is 0 Å². The highest BCUT2D eigenvalue weighted by Crippen LogP contribution is 2.16. The zero-order valence-electron chi connectivity index (χ0n) is 13.6. The van der Waals surface area contributed by atoms with Crippen LogP contribution < -0.4 is 4.74 Å². The van der Waals surface area contributed by atoms with Gasteiger partial charge in [0.15, 0.2) is 0 Å². The lowest BCUT2D eigenvalue weighted by atomic mass is 10.1. The van der Waals surface area contributed by atoms with Crippen molar-refractivity contribution in [1.82, 2.24) is 0 Å². The zero-order valence-corrected chi connectivity index (χ0v) is 13.6. The summed E-state index contributed by atoms with van der Waals surface area (Å²) in [5, 5.41) is 0. The van der Waals surface area contributed by atoms with Gasteiger partial charge in [-0.3, -0.25) is 4.99 Å². The minimum atomic E-state index is 0.865. The molecule has 116 valence electrons. The lowest BCUT2D eigenvalue weighted by Gasteiger charge is -2.02. The normalized spacial score (nSPS) is 11.0. The number of benzene rings is 2. The van der Waals surface area contributed by atoms with Crippen molar-refractivity contribution in [2.24, 2.45) is 4.99 Å². The van der Waals surface area contributed by atoms with Crippen LogP contribution in [0.5, 0.6) is 5.75 Å². The zero-order chi connectivity index (χ0) is 15.6. The Morgan fingerprint density at radius 1 is 0.909 bits per heavy atom. The topological polar surface area (TPSA) is 21.6 Å². The van der Waals surface area contributed by atoms with Crippen LogP contribution in [-0.4, -0.2) is 13.3 Å². The first-order chi connectivity index (χ1) is 10.8. The molecule has 2 aromatic carbocycles. The average molecular weight is 295 g/mol. The molecule has 0 aliphatic heterocycles. The van der Waals surface area contributed by atoms with E-state index < -0.39 is 0 Å². The summed E-state index contributed by atoms with van der Waals surface area (Å²) >= 11 is 0. The summed E-state index contributed by atoms with van der Waals surface area (Å²) < 4.78 is 5.15. The first-order valence-electron chi connectivity index (χ1n) is 8.09. The Morgan fingerprint density at radius 3 is 2.27 bits per heavy atom. The molecule has 0 aliphatic carbocycles. The molecule has 0 saturated heterocycles. The Balaban J connectivity index is 1.88. The second-order valence-corrected chi connectivity index (χ2v) is 5.51. The smallest absolute Gasteiger partial charge is 0.118 e. The van der Waals surface area contributed by atoms with Crippen LogP contribution in [0.15, 0.2) is 53.5 Å². The Kier molecular flexibility index (Phi) is 6.69. The second-order valence-electron chi connectivity index (χ2n) is 5.51. The third kappa shape index (κ3) is 5.36. The maximum absolute atomic E-state index is 5.15. The molecule has 0 saturated carbocycles. The lowest BCUT2D eigenvalue weighted by molar-refractivity contribution is 0.415. The van der Waals surface area contributed by atoms with Gasteiger partial charge in [0.1, 0.15) is 5.75 Å². The third-order valence-electron chi connectivity index (χ3n) is 3.73. The number of rotatable bonds is 8. The van der Waals surface area contributed by atoms with Gasteiger partial charge in [-0.05, 0) is 60.4 Å². The van der Waals surface area contributed by atoms with Gasteiger partial charge in [0.2, 0.25) is 0 Å². The highest BCUT2D eigenvalue weighted by atomic mass is 16.5. The van der Waals surface area contributed by atoms with Crippen LogP contribution in [0.1, 0.15) is 43.7 Å². The fourth-order valence-electron chi connectivity index (χ4n) is 2.34. The van der Waals surface area contributed by atoms with Gasteiger partial charge in [-0.15, -0.1) is 0 Å². The lowest BCUT2D eigenvalue weighted by Crippen LogP contribution is -1.86. The molecule has 0 aromatic heterocycles. The molecule has 0 aliphatic rings. The predicted molar refractivity (Wildman–Crippen MR) is 94.5 cm³/mol. The van der Waals surface area contributed by atoms with Gasteiger partial charge in [-0.1, -0.05) is 38.3 Å². The van der Waals surface area contributed by atoms with Crippen molar-refractivity contribution in [3.63, 3.8) is 0 Å². The Morgan fingerprint density at radius 2 is 1.64 bits per heavy atom. The molecule has 2 heteroatoms. The Hall–Kier alpha value is -2.09. The van der Waals surface area contributed by atoms with Crippen molar-refractivity contribution in [3.05, 3.63) is 59.7 Å². The van der Waals surface area contributed by atoms with Crippen molar-refractivity contribution in [2.45, 2.75) is 39.0 Å². The maximum atomic E-state index is 5.15. The molecule has 0 fully saturated rings. The van der Waals surface area contributed by atoms with Crippen LogP contribution in [0.3, 0.4) is 0 Å². The monoisotopic (exact) mass is 295 g/mol. The SMILES string of the molecule is CCCCCCc1ccc(/N=C/c2ccc(OC)cc2)cc1. The molecule has 0 N–H and O–H groups in total.